The number of hydrogen-bond acceptors (Lipinski definition) is 9. The summed E-state index contributed by atoms with van der Waals surface area (Å²) >= 11 is 1.85. The van der Waals surface area contributed by atoms with Crippen molar-refractivity contribution >= 4 is 45.4 Å². The number of carbonyl (C=O) groups is 4. The van der Waals surface area contributed by atoms with Gasteiger partial charge in [0.05, 0.1) is 36.1 Å². The molecule has 0 radical (unpaired) electrons. The van der Waals surface area contributed by atoms with E-state index in [1.807, 2.05) is 39.5 Å². The molecule has 1 aliphatic carbocycles. The molecular weight excluding hydrogens is 617 g/mol. The standard InChI is InChI=1S/C33H50N2O8S2/c1-21-18-22(2)27-26(21)25(36)19-35(28(27)37)45(40,41)24-12-10-23(11-13-24)29(38)43-17-16-42-15-14-34-30(39)32(6,7)20-33(8,9)44-31(3,4)5/h10-13,21-22,26-27H,14-20H2,1-9H3,(H,34,39). The number of nitrogens with zero attached hydrogens (tertiary/aromatic N) is 1. The number of carbonyl (C=O) groups excluding carboxylic acids is 4. The Bertz CT molecular complexity index is 1370. The first-order chi connectivity index (χ1) is 20.7. The van der Waals surface area contributed by atoms with E-state index in [-0.39, 0.29) is 63.3 Å². The van der Waals surface area contributed by atoms with Gasteiger partial charge in [-0.2, -0.15) is 0 Å². The molecule has 0 bridgehead atoms. The topological polar surface area (TPSA) is 136 Å². The van der Waals surface area contributed by atoms with Crippen molar-refractivity contribution in [1.29, 1.82) is 0 Å². The first-order valence-electron chi connectivity index (χ1n) is 15.6. The highest BCUT2D eigenvalue weighted by Crippen LogP contribution is 2.46. The van der Waals surface area contributed by atoms with Gasteiger partial charge in [0.25, 0.3) is 10.0 Å². The second-order valence-corrected chi connectivity index (χ2v) is 19.0. The SMILES string of the molecule is CC1CC(C)C2C(=O)N(S(=O)(=O)c3ccc(C(=O)OCCOCCNC(=O)C(C)(C)CC(C)(C)SC(C)(C)C)cc3)CC(=O)C12. The summed E-state index contributed by atoms with van der Waals surface area (Å²) in [6.07, 6.45) is 1.42. The number of nitrogens with one attached hydrogen (secondary N) is 1. The number of fused-ring (bicyclic) bond motifs is 1. The highest BCUT2D eigenvalue weighted by molar-refractivity contribution is 8.01. The van der Waals surface area contributed by atoms with Crippen molar-refractivity contribution in [3.05, 3.63) is 29.8 Å². The molecule has 1 heterocycles. The van der Waals surface area contributed by atoms with E-state index in [2.05, 4.69) is 39.9 Å². The van der Waals surface area contributed by atoms with Crippen LogP contribution in [0, 0.1) is 29.1 Å². The van der Waals surface area contributed by atoms with Gasteiger partial charge >= 0.3 is 5.97 Å². The summed E-state index contributed by atoms with van der Waals surface area (Å²) < 4.78 is 38.0. The minimum absolute atomic E-state index is 0.0277. The van der Waals surface area contributed by atoms with Crippen molar-refractivity contribution in [2.75, 3.05) is 32.9 Å². The van der Waals surface area contributed by atoms with Crippen molar-refractivity contribution in [2.24, 2.45) is 29.1 Å². The van der Waals surface area contributed by atoms with Crippen molar-refractivity contribution < 1.29 is 37.1 Å². The Kier molecular flexibility index (Phi) is 11.6. The molecule has 1 aromatic carbocycles. The van der Waals surface area contributed by atoms with Gasteiger partial charge in [-0.25, -0.2) is 17.5 Å². The molecule has 1 aliphatic heterocycles. The molecular formula is C33H50N2O8S2. The van der Waals surface area contributed by atoms with Gasteiger partial charge in [0.15, 0.2) is 5.78 Å². The van der Waals surface area contributed by atoms with Crippen molar-refractivity contribution in [1.82, 2.24) is 9.62 Å². The maximum atomic E-state index is 13.3. The zero-order valence-corrected chi connectivity index (χ0v) is 29.7. The van der Waals surface area contributed by atoms with Crippen LogP contribution in [0.1, 0.15) is 85.5 Å². The summed E-state index contributed by atoms with van der Waals surface area (Å²) in [6, 6.07) is 5.10. The van der Waals surface area contributed by atoms with Gasteiger partial charge in [-0.3, -0.25) is 14.4 Å². The number of sulfonamides is 1. The molecule has 1 saturated carbocycles. The number of piperidine rings is 1. The number of ketones is 1. The van der Waals surface area contributed by atoms with Crippen molar-refractivity contribution in [3.8, 4) is 0 Å². The summed E-state index contributed by atoms with van der Waals surface area (Å²) in [7, 11) is -4.27. The lowest BCUT2D eigenvalue weighted by Gasteiger charge is -2.37. The van der Waals surface area contributed by atoms with Crippen LogP contribution in [-0.2, 0) is 33.9 Å². The second kappa shape index (κ2) is 14.1. The Morgan fingerprint density at radius 3 is 2.13 bits per heavy atom. The lowest BCUT2D eigenvalue weighted by atomic mass is 9.81. The van der Waals surface area contributed by atoms with Crippen molar-refractivity contribution in [3.63, 3.8) is 0 Å². The molecule has 10 nitrogen and oxygen atoms in total. The monoisotopic (exact) mass is 666 g/mol. The number of amides is 2. The van der Waals surface area contributed by atoms with E-state index in [0.717, 1.165) is 0 Å². The van der Waals surface area contributed by atoms with Gasteiger partial charge < -0.3 is 14.8 Å². The summed E-state index contributed by atoms with van der Waals surface area (Å²) in [6.45, 7) is 18.7. The van der Waals surface area contributed by atoms with E-state index in [4.69, 9.17) is 9.47 Å². The average molecular weight is 667 g/mol. The Labute approximate surface area is 272 Å². The smallest absolute Gasteiger partial charge is 0.338 e. The molecule has 4 unspecified atom stereocenters. The van der Waals surface area contributed by atoms with Crippen LogP contribution in [0.2, 0.25) is 0 Å². The Morgan fingerprint density at radius 2 is 1.53 bits per heavy atom. The molecule has 0 spiro atoms. The van der Waals surface area contributed by atoms with Gasteiger partial charge in [-0.1, -0.05) is 62.3 Å². The van der Waals surface area contributed by atoms with Crippen LogP contribution in [-0.4, -0.2) is 78.7 Å². The lowest BCUT2D eigenvalue weighted by molar-refractivity contribution is -0.145. The summed E-state index contributed by atoms with van der Waals surface area (Å²) in [5, 5.41) is 2.92. The molecule has 12 heteroatoms. The van der Waals surface area contributed by atoms with Crippen LogP contribution < -0.4 is 5.32 Å². The summed E-state index contributed by atoms with van der Waals surface area (Å²) in [4.78, 5) is 51.1. The van der Waals surface area contributed by atoms with E-state index in [9.17, 15) is 27.6 Å². The third kappa shape index (κ3) is 9.32. The Hall–Kier alpha value is -2.44. The van der Waals surface area contributed by atoms with Gasteiger partial charge in [0.1, 0.15) is 6.61 Å². The molecule has 1 N–H and O–H groups in total. The molecule has 252 valence electrons. The number of esters is 1. The summed E-state index contributed by atoms with van der Waals surface area (Å²) in [5.41, 5.74) is -0.418. The van der Waals surface area contributed by atoms with E-state index < -0.39 is 45.7 Å². The number of benzene rings is 1. The number of thioether (sulfide) groups is 1. The number of rotatable bonds is 13. The van der Waals surface area contributed by atoms with Gasteiger partial charge in [0, 0.05) is 27.4 Å². The van der Waals surface area contributed by atoms with Crippen LogP contribution in [0.4, 0.5) is 0 Å². The fraction of sp³-hybridized carbons (Fsp3) is 0.697. The van der Waals surface area contributed by atoms with Gasteiger partial charge in [-0.05, 0) is 48.9 Å². The average Bonchev–Trinajstić information content (AvgIpc) is 3.22. The van der Waals surface area contributed by atoms with Gasteiger partial charge in [-0.15, -0.1) is 11.8 Å². The lowest BCUT2D eigenvalue weighted by Crippen LogP contribution is -2.53. The van der Waals surface area contributed by atoms with Crippen LogP contribution in [0.25, 0.3) is 0 Å². The molecule has 1 saturated heterocycles. The maximum Gasteiger partial charge on any atom is 0.338 e. The van der Waals surface area contributed by atoms with Crippen LogP contribution in [0.5, 0.6) is 0 Å². The number of ether oxygens (including phenoxy) is 2. The largest absolute Gasteiger partial charge is 0.460 e. The van der Waals surface area contributed by atoms with E-state index >= 15 is 0 Å². The van der Waals surface area contributed by atoms with E-state index in [1.165, 1.54) is 24.3 Å². The first kappa shape index (κ1) is 37.0. The molecule has 2 amide bonds. The third-order valence-corrected chi connectivity index (χ3v) is 11.4. The number of Topliss-reactive ketones (excluding diaryl/α,β-unsaturated/α-hetero) is 1. The second-order valence-electron chi connectivity index (χ2n) is 14.6. The fourth-order valence-electron chi connectivity index (χ4n) is 6.95. The summed E-state index contributed by atoms with van der Waals surface area (Å²) in [5.74, 6) is -2.59. The number of hydrogen-bond donors (Lipinski definition) is 1. The Morgan fingerprint density at radius 1 is 0.933 bits per heavy atom. The predicted molar refractivity (Wildman–Crippen MR) is 174 cm³/mol. The van der Waals surface area contributed by atoms with Crippen LogP contribution in [0.3, 0.4) is 0 Å². The minimum atomic E-state index is -4.27. The van der Waals surface area contributed by atoms with E-state index in [1.54, 1.807) is 0 Å². The van der Waals surface area contributed by atoms with Crippen LogP contribution in [0.15, 0.2) is 29.2 Å². The Balaban J connectivity index is 1.42. The molecule has 0 aromatic heterocycles. The molecule has 4 atom stereocenters. The molecule has 2 fully saturated rings. The zero-order valence-electron chi connectivity index (χ0n) is 28.1. The minimum Gasteiger partial charge on any atom is -0.460 e. The quantitative estimate of drug-likeness (QED) is 0.235. The van der Waals surface area contributed by atoms with Crippen LogP contribution >= 0.6 is 11.8 Å². The maximum absolute atomic E-state index is 13.3. The predicted octanol–water partition coefficient (Wildman–Crippen LogP) is 4.71. The molecule has 2 aliphatic rings. The normalized spacial score (nSPS) is 22.7. The first-order valence-corrected chi connectivity index (χ1v) is 17.8. The third-order valence-electron chi connectivity index (χ3n) is 8.29. The van der Waals surface area contributed by atoms with Gasteiger partial charge in [0.2, 0.25) is 11.8 Å². The highest BCUT2D eigenvalue weighted by atomic mass is 32.2. The molecule has 3 rings (SSSR count). The van der Waals surface area contributed by atoms with Crippen molar-refractivity contribution in [2.45, 2.75) is 89.5 Å². The highest BCUT2D eigenvalue weighted by Gasteiger charge is 2.54. The fourth-order valence-corrected chi connectivity index (χ4v) is 10.4. The van der Waals surface area contributed by atoms with E-state index in [0.29, 0.717) is 23.7 Å². The zero-order chi connectivity index (χ0) is 34.0. The molecule has 1 aromatic rings. The molecule has 45 heavy (non-hydrogen) atoms.